The van der Waals surface area contributed by atoms with E-state index >= 15 is 0 Å². The molecule has 0 spiro atoms. The van der Waals surface area contributed by atoms with Gasteiger partial charge in [-0.3, -0.25) is 9.88 Å². The fraction of sp³-hybridized carbons (Fsp3) is 0.298. The van der Waals surface area contributed by atoms with E-state index in [4.69, 9.17) is 15.0 Å². The van der Waals surface area contributed by atoms with E-state index in [1.54, 1.807) is 11.3 Å². The van der Waals surface area contributed by atoms with Gasteiger partial charge in [-0.15, -0.1) is 11.3 Å². The minimum Gasteiger partial charge on any atom is -0.507 e. The standard InChI is InChI=1S/C47H50N4OS/c1-28-19-21-48-29(2)42(28)51(40-18-14-15-20-49-40)33-23-30(22-31(24-33)45(3,4)5)38-27-35-34-16-12-13-17-39(34)53-44(35)41(50-38)36-25-32(46(6,7)8)26-37(43(36)52)47(9,10)11/h12-27,52H,1-11H3. The molecule has 0 saturated heterocycles. The zero-order chi connectivity index (χ0) is 38.0. The fourth-order valence-corrected chi connectivity index (χ4v) is 8.27. The summed E-state index contributed by atoms with van der Waals surface area (Å²) in [5.74, 6) is 1.11. The van der Waals surface area contributed by atoms with Crippen LogP contribution in [-0.2, 0) is 16.2 Å². The van der Waals surface area contributed by atoms with Crippen molar-refractivity contribution in [3.63, 3.8) is 0 Å². The number of phenolic OH excluding ortho intramolecular Hbond substituents is 1. The molecule has 270 valence electrons. The number of aryl methyl sites for hydroxylation is 2. The summed E-state index contributed by atoms with van der Waals surface area (Å²) in [7, 11) is 0. The number of aromatic nitrogens is 3. The average molecular weight is 719 g/mol. The van der Waals surface area contributed by atoms with E-state index in [9.17, 15) is 5.11 Å². The molecule has 0 bridgehead atoms. The Bertz CT molecular complexity index is 2470. The van der Waals surface area contributed by atoms with Gasteiger partial charge in [-0.05, 0) is 101 Å². The van der Waals surface area contributed by atoms with Gasteiger partial charge in [-0.1, -0.05) is 92.6 Å². The average Bonchev–Trinajstić information content (AvgIpc) is 3.47. The summed E-state index contributed by atoms with van der Waals surface area (Å²) in [6, 6.07) is 30.0. The minimum atomic E-state index is -0.273. The first-order chi connectivity index (χ1) is 24.9. The molecule has 0 aliphatic rings. The first kappa shape index (κ1) is 36.3. The van der Waals surface area contributed by atoms with Gasteiger partial charge in [-0.25, -0.2) is 9.97 Å². The summed E-state index contributed by atoms with van der Waals surface area (Å²) in [5, 5.41) is 14.5. The van der Waals surface area contributed by atoms with Crippen molar-refractivity contribution in [1.29, 1.82) is 0 Å². The first-order valence-corrected chi connectivity index (χ1v) is 19.2. The Balaban J connectivity index is 1.58. The second-order valence-corrected chi connectivity index (χ2v) is 18.4. The molecule has 0 radical (unpaired) electrons. The van der Waals surface area contributed by atoms with Gasteiger partial charge in [-0.2, -0.15) is 0 Å². The molecule has 0 fully saturated rings. The lowest BCUT2D eigenvalue weighted by Crippen LogP contribution is -2.17. The van der Waals surface area contributed by atoms with Crippen LogP contribution in [0.5, 0.6) is 5.75 Å². The quantitative estimate of drug-likeness (QED) is 0.192. The fourth-order valence-electron chi connectivity index (χ4n) is 7.08. The van der Waals surface area contributed by atoms with Gasteiger partial charge < -0.3 is 5.11 Å². The predicted octanol–water partition coefficient (Wildman–Crippen LogP) is 13.3. The molecule has 4 aromatic heterocycles. The maximum absolute atomic E-state index is 12.2. The van der Waals surface area contributed by atoms with Crippen molar-refractivity contribution in [3.05, 3.63) is 125 Å². The number of benzene rings is 3. The third kappa shape index (κ3) is 6.81. The summed E-state index contributed by atoms with van der Waals surface area (Å²) in [5.41, 5.74) is 10.1. The van der Waals surface area contributed by atoms with Crippen molar-refractivity contribution in [2.75, 3.05) is 4.90 Å². The zero-order valence-corrected chi connectivity index (χ0v) is 33.7. The van der Waals surface area contributed by atoms with Crippen molar-refractivity contribution in [1.82, 2.24) is 15.0 Å². The van der Waals surface area contributed by atoms with Crippen LogP contribution in [0, 0.1) is 13.8 Å². The Morgan fingerprint density at radius 3 is 2.02 bits per heavy atom. The van der Waals surface area contributed by atoms with Crippen LogP contribution in [0.25, 0.3) is 42.7 Å². The number of rotatable bonds is 5. The van der Waals surface area contributed by atoms with Crippen LogP contribution in [0.3, 0.4) is 0 Å². The van der Waals surface area contributed by atoms with E-state index < -0.39 is 0 Å². The van der Waals surface area contributed by atoms with Gasteiger partial charge in [0.2, 0.25) is 0 Å². The smallest absolute Gasteiger partial charge is 0.137 e. The number of hydrogen-bond donors (Lipinski definition) is 1. The molecule has 53 heavy (non-hydrogen) atoms. The van der Waals surface area contributed by atoms with Crippen molar-refractivity contribution in [3.8, 4) is 28.3 Å². The molecule has 4 heterocycles. The second-order valence-electron chi connectivity index (χ2n) is 17.4. The van der Waals surface area contributed by atoms with Crippen molar-refractivity contribution in [2.24, 2.45) is 0 Å². The lowest BCUT2D eigenvalue weighted by atomic mass is 9.78. The highest BCUT2D eigenvalue weighted by atomic mass is 32.1. The molecule has 5 nitrogen and oxygen atoms in total. The van der Waals surface area contributed by atoms with E-state index in [1.807, 2.05) is 30.6 Å². The van der Waals surface area contributed by atoms with Crippen LogP contribution in [0.2, 0.25) is 0 Å². The van der Waals surface area contributed by atoms with Gasteiger partial charge in [0.25, 0.3) is 0 Å². The lowest BCUT2D eigenvalue weighted by Gasteiger charge is -2.30. The van der Waals surface area contributed by atoms with Gasteiger partial charge >= 0.3 is 0 Å². The van der Waals surface area contributed by atoms with Crippen LogP contribution in [0.15, 0.2) is 97.3 Å². The Morgan fingerprint density at radius 2 is 1.36 bits per heavy atom. The number of anilines is 3. The molecule has 0 aliphatic carbocycles. The third-order valence-electron chi connectivity index (χ3n) is 10.2. The van der Waals surface area contributed by atoms with E-state index in [0.29, 0.717) is 5.75 Å². The van der Waals surface area contributed by atoms with E-state index in [-0.39, 0.29) is 16.2 Å². The molecule has 0 saturated carbocycles. The molecular weight excluding hydrogens is 669 g/mol. The number of aromatic hydroxyl groups is 1. The van der Waals surface area contributed by atoms with Crippen molar-refractivity contribution >= 4 is 48.7 Å². The Kier molecular flexibility index (Phi) is 8.97. The predicted molar refractivity (Wildman–Crippen MR) is 226 cm³/mol. The number of phenols is 1. The largest absolute Gasteiger partial charge is 0.507 e. The highest BCUT2D eigenvalue weighted by molar-refractivity contribution is 7.26. The Hall–Kier alpha value is -5.07. The molecule has 7 rings (SSSR count). The summed E-state index contributed by atoms with van der Waals surface area (Å²) in [6.07, 6.45) is 3.70. The van der Waals surface area contributed by atoms with Crippen molar-refractivity contribution < 1.29 is 5.11 Å². The van der Waals surface area contributed by atoms with Crippen LogP contribution in [0.1, 0.15) is 90.3 Å². The highest BCUT2D eigenvalue weighted by Crippen LogP contribution is 2.48. The summed E-state index contributed by atoms with van der Waals surface area (Å²) in [6.45, 7) is 24.1. The zero-order valence-electron chi connectivity index (χ0n) is 32.9. The molecule has 3 aromatic carbocycles. The van der Waals surface area contributed by atoms with Crippen LogP contribution < -0.4 is 4.90 Å². The maximum Gasteiger partial charge on any atom is 0.137 e. The molecule has 0 atom stereocenters. The summed E-state index contributed by atoms with van der Waals surface area (Å²) < 4.78 is 2.26. The highest BCUT2D eigenvalue weighted by Gasteiger charge is 2.29. The van der Waals surface area contributed by atoms with Gasteiger partial charge in [0, 0.05) is 50.2 Å². The maximum atomic E-state index is 12.2. The number of fused-ring (bicyclic) bond motifs is 3. The third-order valence-corrected chi connectivity index (χ3v) is 11.3. The molecule has 1 N–H and O–H groups in total. The monoisotopic (exact) mass is 718 g/mol. The van der Waals surface area contributed by atoms with Crippen molar-refractivity contribution in [2.45, 2.75) is 92.4 Å². The molecule has 0 amide bonds. The first-order valence-electron chi connectivity index (χ1n) is 18.4. The molecule has 0 aliphatic heterocycles. The topological polar surface area (TPSA) is 62.1 Å². The number of thiophene rings is 1. The number of hydrogen-bond acceptors (Lipinski definition) is 6. The number of nitrogens with zero attached hydrogens (tertiary/aromatic N) is 4. The normalized spacial score (nSPS) is 12.5. The molecule has 0 unspecified atom stereocenters. The van der Waals surface area contributed by atoms with E-state index in [0.717, 1.165) is 66.6 Å². The Labute approximate surface area is 318 Å². The second kappa shape index (κ2) is 13.1. The van der Waals surface area contributed by atoms with Gasteiger partial charge in [0.05, 0.1) is 27.5 Å². The minimum absolute atomic E-state index is 0.132. The summed E-state index contributed by atoms with van der Waals surface area (Å²) >= 11 is 1.74. The van der Waals surface area contributed by atoms with Crippen LogP contribution >= 0.6 is 11.3 Å². The Morgan fingerprint density at radius 1 is 0.660 bits per heavy atom. The molecule has 7 aromatic rings. The number of pyridine rings is 3. The molecule has 6 heteroatoms. The lowest BCUT2D eigenvalue weighted by molar-refractivity contribution is 0.446. The molecular formula is C47H50N4OS. The van der Waals surface area contributed by atoms with Gasteiger partial charge in [0.1, 0.15) is 11.6 Å². The van der Waals surface area contributed by atoms with E-state index in [1.165, 1.54) is 21.2 Å². The summed E-state index contributed by atoms with van der Waals surface area (Å²) in [4.78, 5) is 17.3. The van der Waals surface area contributed by atoms with Crippen LogP contribution in [-0.4, -0.2) is 20.1 Å². The SMILES string of the molecule is Cc1ccnc(C)c1N(c1cc(-c2cc3c(sc4ccccc43)c(-c3cc(C(C)(C)C)cc(C(C)(C)C)c3O)n2)cc(C(C)(C)C)c1)c1ccccn1. The van der Waals surface area contributed by atoms with Crippen LogP contribution in [0.4, 0.5) is 17.2 Å². The van der Waals surface area contributed by atoms with Gasteiger partial charge in [0.15, 0.2) is 0 Å². The van der Waals surface area contributed by atoms with E-state index in [2.05, 4.69) is 148 Å².